The number of hydrogen-bond acceptors (Lipinski definition) is 3. The summed E-state index contributed by atoms with van der Waals surface area (Å²) in [5.74, 6) is 0. The Labute approximate surface area is 121 Å². The van der Waals surface area contributed by atoms with Gasteiger partial charge in [-0.2, -0.15) is 4.31 Å². The van der Waals surface area contributed by atoms with Crippen molar-refractivity contribution >= 4 is 10.0 Å². The van der Waals surface area contributed by atoms with Crippen LogP contribution in [0.4, 0.5) is 0 Å². The Morgan fingerprint density at radius 1 is 1.15 bits per heavy atom. The molecule has 0 unspecified atom stereocenters. The van der Waals surface area contributed by atoms with Crippen LogP contribution in [0.2, 0.25) is 0 Å². The lowest BCUT2D eigenvalue weighted by Gasteiger charge is -2.27. The third-order valence-electron chi connectivity index (χ3n) is 4.14. The topological polar surface area (TPSA) is 57.6 Å². The Balaban J connectivity index is 2.28. The summed E-state index contributed by atoms with van der Waals surface area (Å²) in [6.45, 7) is -0.256. The molecule has 0 aromatic heterocycles. The number of nitrogens with zero attached hydrogens (tertiary/aromatic N) is 1. The van der Waals surface area contributed by atoms with Crippen LogP contribution in [0.1, 0.15) is 44.1 Å². The number of sulfonamides is 1. The van der Waals surface area contributed by atoms with Crippen LogP contribution < -0.4 is 0 Å². The van der Waals surface area contributed by atoms with Gasteiger partial charge in [-0.25, -0.2) is 8.42 Å². The molecule has 20 heavy (non-hydrogen) atoms. The van der Waals surface area contributed by atoms with Crippen molar-refractivity contribution in [3.63, 3.8) is 0 Å². The molecule has 0 atom stereocenters. The summed E-state index contributed by atoms with van der Waals surface area (Å²) in [7, 11) is -1.86. The summed E-state index contributed by atoms with van der Waals surface area (Å²) >= 11 is 0. The molecule has 1 saturated carbocycles. The Bertz CT molecular complexity index is 534. The second-order valence-corrected chi connectivity index (χ2v) is 7.40. The van der Waals surface area contributed by atoms with Crippen LogP contribution in [0.5, 0.6) is 0 Å². The number of rotatable bonds is 4. The molecule has 0 aliphatic heterocycles. The molecule has 2 rings (SSSR count). The molecule has 1 aliphatic rings. The highest BCUT2D eigenvalue weighted by atomic mass is 32.2. The molecule has 0 amide bonds. The summed E-state index contributed by atoms with van der Waals surface area (Å²) in [5, 5.41) is 9.34. The Morgan fingerprint density at radius 3 is 2.35 bits per heavy atom. The van der Waals surface area contributed by atoms with Crippen molar-refractivity contribution in [2.24, 2.45) is 0 Å². The van der Waals surface area contributed by atoms with Gasteiger partial charge in [0.2, 0.25) is 10.0 Å². The van der Waals surface area contributed by atoms with Crippen molar-refractivity contribution < 1.29 is 13.5 Å². The highest BCUT2D eigenvalue weighted by Gasteiger charge is 2.29. The van der Waals surface area contributed by atoms with E-state index in [4.69, 9.17) is 0 Å². The van der Waals surface area contributed by atoms with Crippen molar-refractivity contribution in [1.82, 2.24) is 4.31 Å². The van der Waals surface area contributed by atoms with Gasteiger partial charge in [-0.15, -0.1) is 0 Å². The monoisotopic (exact) mass is 297 g/mol. The molecule has 112 valence electrons. The SMILES string of the molecule is CN(C1CCCCCC1)S(=O)(=O)c1ccccc1CO. The van der Waals surface area contributed by atoms with Gasteiger partial charge in [-0.3, -0.25) is 0 Å². The van der Waals surface area contributed by atoms with Crippen molar-refractivity contribution in [3.05, 3.63) is 29.8 Å². The molecule has 0 radical (unpaired) electrons. The van der Waals surface area contributed by atoms with E-state index in [0.717, 1.165) is 25.7 Å². The van der Waals surface area contributed by atoms with Crippen LogP contribution in [-0.2, 0) is 16.6 Å². The van der Waals surface area contributed by atoms with E-state index in [1.54, 1.807) is 31.3 Å². The van der Waals surface area contributed by atoms with Gasteiger partial charge in [-0.1, -0.05) is 43.9 Å². The molecule has 5 heteroatoms. The summed E-state index contributed by atoms with van der Waals surface area (Å²) in [6.07, 6.45) is 6.42. The molecule has 1 aromatic rings. The van der Waals surface area contributed by atoms with Crippen molar-refractivity contribution in [1.29, 1.82) is 0 Å². The van der Waals surface area contributed by atoms with E-state index < -0.39 is 10.0 Å². The van der Waals surface area contributed by atoms with Crippen LogP contribution in [0, 0.1) is 0 Å². The van der Waals surface area contributed by atoms with Crippen LogP contribution in [-0.4, -0.2) is 30.9 Å². The van der Waals surface area contributed by atoms with Gasteiger partial charge in [-0.05, 0) is 24.5 Å². The standard InChI is InChI=1S/C15H23NO3S/c1-16(14-9-4-2-3-5-10-14)20(18,19)15-11-7-6-8-13(15)12-17/h6-8,11,14,17H,2-5,9-10,12H2,1H3. The second kappa shape index (κ2) is 6.70. The number of hydrogen-bond donors (Lipinski definition) is 1. The molecule has 1 aliphatic carbocycles. The molecular formula is C15H23NO3S. The van der Waals surface area contributed by atoms with Gasteiger partial charge in [0.05, 0.1) is 11.5 Å². The first-order chi connectivity index (χ1) is 9.57. The van der Waals surface area contributed by atoms with E-state index in [9.17, 15) is 13.5 Å². The molecule has 1 aromatic carbocycles. The van der Waals surface area contributed by atoms with E-state index in [-0.39, 0.29) is 17.5 Å². The third kappa shape index (κ3) is 3.22. The fourth-order valence-electron chi connectivity index (χ4n) is 2.86. The summed E-state index contributed by atoms with van der Waals surface area (Å²) < 4.78 is 27.0. The smallest absolute Gasteiger partial charge is 0.243 e. The predicted molar refractivity (Wildman–Crippen MR) is 78.8 cm³/mol. The van der Waals surface area contributed by atoms with Crippen molar-refractivity contribution in [3.8, 4) is 0 Å². The minimum absolute atomic E-state index is 0.0780. The summed E-state index contributed by atoms with van der Waals surface area (Å²) in [4.78, 5) is 0.231. The average Bonchev–Trinajstić information content (AvgIpc) is 2.75. The van der Waals surface area contributed by atoms with Crippen molar-refractivity contribution in [2.45, 2.75) is 56.1 Å². The minimum Gasteiger partial charge on any atom is -0.392 e. The number of benzene rings is 1. The Kier molecular flexibility index (Phi) is 5.18. The molecule has 0 heterocycles. The van der Waals surface area contributed by atoms with E-state index in [1.165, 1.54) is 17.1 Å². The first kappa shape index (κ1) is 15.5. The average molecular weight is 297 g/mol. The van der Waals surface area contributed by atoms with E-state index in [1.807, 2.05) is 0 Å². The van der Waals surface area contributed by atoms with Gasteiger partial charge in [0.25, 0.3) is 0 Å². The fraction of sp³-hybridized carbons (Fsp3) is 0.600. The molecule has 0 bridgehead atoms. The van der Waals surface area contributed by atoms with Crippen LogP contribution in [0.25, 0.3) is 0 Å². The lowest BCUT2D eigenvalue weighted by atomic mass is 10.1. The quantitative estimate of drug-likeness (QED) is 0.869. The number of aliphatic hydroxyl groups is 1. The lowest BCUT2D eigenvalue weighted by molar-refractivity contribution is 0.277. The van der Waals surface area contributed by atoms with Gasteiger partial charge < -0.3 is 5.11 Å². The Hall–Kier alpha value is -0.910. The minimum atomic E-state index is -3.52. The van der Waals surface area contributed by atoms with Crippen LogP contribution in [0.3, 0.4) is 0 Å². The van der Waals surface area contributed by atoms with E-state index in [0.29, 0.717) is 5.56 Å². The highest BCUT2D eigenvalue weighted by Crippen LogP contribution is 2.27. The fourth-order valence-corrected chi connectivity index (χ4v) is 4.49. The second-order valence-electron chi connectivity index (χ2n) is 5.43. The highest BCUT2D eigenvalue weighted by molar-refractivity contribution is 7.89. The first-order valence-corrected chi connectivity index (χ1v) is 8.68. The normalized spacial score (nSPS) is 18.1. The van der Waals surface area contributed by atoms with Gasteiger partial charge in [0, 0.05) is 13.1 Å². The number of aliphatic hydroxyl groups excluding tert-OH is 1. The molecule has 4 nitrogen and oxygen atoms in total. The molecular weight excluding hydrogens is 274 g/mol. The maximum absolute atomic E-state index is 12.7. The van der Waals surface area contributed by atoms with Gasteiger partial charge in [0.15, 0.2) is 0 Å². The van der Waals surface area contributed by atoms with Crippen LogP contribution in [0.15, 0.2) is 29.2 Å². The van der Waals surface area contributed by atoms with Gasteiger partial charge in [0.1, 0.15) is 0 Å². The maximum atomic E-state index is 12.7. The third-order valence-corrected chi connectivity index (χ3v) is 6.15. The predicted octanol–water partition coefficient (Wildman–Crippen LogP) is 2.52. The van der Waals surface area contributed by atoms with E-state index >= 15 is 0 Å². The maximum Gasteiger partial charge on any atom is 0.243 e. The molecule has 0 saturated heterocycles. The zero-order valence-electron chi connectivity index (χ0n) is 12.0. The zero-order valence-corrected chi connectivity index (χ0v) is 12.8. The zero-order chi connectivity index (χ0) is 14.6. The van der Waals surface area contributed by atoms with Crippen molar-refractivity contribution in [2.75, 3.05) is 7.05 Å². The lowest BCUT2D eigenvalue weighted by Crippen LogP contribution is -2.37. The van der Waals surface area contributed by atoms with E-state index in [2.05, 4.69) is 0 Å². The summed E-state index contributed by atoms with van der Waals surface area (Å²) in [5.41, 5.74) is 0.466. The largest absolute Gasteiger partial charge is 0.392 e. The van der Waals surface area contributed by atoms with Gasteiger partial charge >= 0.3 is 0 Å². The summed E-state index contributed by atoms with van der Waals surface area (Å²) in [6, 6.07) is 6.76. The Morgan fingerprint density at radius 2 is 1.75 bits per heavy atom. The molecule has 1 fully saturated rings. The first-order valence-electron chi connectivity index (χ1n) is 7.24. The van der Waals surface area contributed by atoms with Crippen LogP contribution >= 0.6 is 0 Å². The molecule has 1 N–H and O–H groups in total. The molecule has 0 spiro atoms.